The van der Waals surface area contributed by atoms with Gasteiger partial charge in [-0.15, -0.1) is 5.10 Å². The first-order chi connectivity index (χ1) is 14.3. The first-order valence-electron chi connectivity index (χ1n) is 10.1. The molecule has 1 unspecified atom stereocenters. The molecule has 4 rings (SSSR count). The van der Waals surface area contributed by atoms with Crippen LogP contribution in [-0.2, 0) is 5.54 Å². The summed E-state index contributed by atoms with van der Waals surface area (Å²) in [5.74, 6) is 1.86. The minimum absolute atomic E-state index is 0.157. The Morgan fingerprint density at radius 3 is 2.37 bits per heavy atom. The molecule has 9 heteroatoms. The van der Waals surface area contributed by atoms with Crippen molar-refractivity contribution in [1.29, 1.82) is 0 Å². The molecule has 0 spiro atoms. The van der Waals surface area contributed by atoms with Crippen molar-refractivity contribution in [3.8, 4) is 11.5 Å². The molecule has 0 amide bonds. The van der Waals surface area contributed by atoms with E-state index in [-0.39, 0.29) is 17.1 Å². The Balaban J connectivity index is 1.92. The lowest BCUT2D eigenvalue weighted by Gasteiger charge is -2.29. The van der Waals surface area contributed by atoms with Crippen LogP contribution in [0.25, 0.3) is 10.9 Å². The zero-order chi connectivity index (χ0) is 21.5. The van der Waals surface area contributed by atoms with Crippen LogP contribution in [0.2, 0.25) is 0 Å². The van der Waals surface area contributed by atoms with Gasteiger partial charge in [0, 0.05) is 17.0 Å². The number of ether oxygens (including phenoxy) is 2. The Bertz CT molecular complexity index is 1110. The normalized spacial score (nSPS) is 16.2. The molecule has 1 aromatic carbocycles. The minimum Gasteiger partial charge on any atom is -0.493 e. The summed E-state index contributed by atoms with van der Waals surface area (Å²) in [6.45, 7) is 7.94. The van der Waals surface area contributed by atoms with E-state index >= 15 is 0 Å². The van der Waals surface area contributed by atoms with Gasteiger partial charge in [-0.05, 0) is 69.3 Å². The Morgan fingerprint density at radius 2 is 1.73 bits per heavy atom. The molecule has 1 saturated heterocycles. The first kappa shape index (κ1) is 20.3. The maximum absolute atomic E-state index is 13.2. The zero-order valence-electron chi connectivity index (χ0n) is 18.1. The second-order valence-corrected chi connectivity index (χ2v) is 8.61. The van der Waals surface area contributed by atoms with Crippen molar-refractivity contribution in [3.63, 3.8) is 0 Å². The number of rotatable bonds is 5. The third-order valence-electron chi connectivity index (χ3n) is 5.55. The molecule has 0 saturated carbocycles. The predicted molar refractivity (Wildman–Crippen MR) is 113 cm³/mol. The van der Waals surface area contributed by atoms with Gasteiger partial charge in [0.05, 0.1) is 25.3 Å². The fourth-order valence-electron chi connectivity index (χ4n) is 4.09. The van der Waals surface area contributed by atoms with Crippen LogP contribution in [0.4, 0.5) is 0 Å². The molecule has 1 aliphatic rings. The number of aromatic amines is 1. The van der Waals surface area contributed by atoms with Gasteiger partial charge in [0.15, 0.2) is 17.3 Å². The van der Waals surface area contributed by atoms with Crippen LogP contribution in [0.3, 0.4) is 0 Å². The number of aromatic nitrogens is 5. The summed E-state index contributed by atoms with van der Waals surface area (Å²) in [7, 11) is 3.17. The number of hydrogen-bond acceptors (Lipinski definition) is 7. The third kappa shape index (κ3) is 3.54. The summed E-state index contributed by atoms with van der Waals surface area (Å²) in [5, 5.41) is 13.4. The van der Waals surface area contributed by atoms with E-state index in [1.807, 2.05) is 16.8 Å². The van der Waals surface area contributed by atoms with Crippen LogP contribution in [0, 0.1) is 0 Å². The molecule has 1 N–H and O–H groups in total. The number of hydrogen-bond donors (Lipinski definition) is 1. The van der Waals surface area contributed by atoms with Crippen LogP contribution in [0.1, 0.15) is 51.0 Å². The van der Waals surface area contributed by atoms with Crippen molar-refractivity contribution in [1.82, 2.24) is 30.1 Å². The predicted octanol–water partition coefficient (Wildman–Crippen LogP) is 2.47. The highest BCUT2D eigenvalue weighted by molar-refractivity contribution is 5.83. The van der Waals surface area contributed by atoms with Crippen molar-refractivity contribution in [2.75, 3.05) is 27.3 Å². The van der Waals surface area contributed by atoms with E-state index < -0.39 is 0 Å². The molecule has 1 fully saturated rings. The highest BCUT2D eigenvalue weighted by Crippen LogP contribution is 2.34. The fraction of sp³-hybridized carbons (Fsp3) is 0.524. The lowest BCUT2D eigenvalue weighted by molar-refractivity contribution is 0.241. The van der Waals surface area contributed by atoms with Crippen molar-refractivity contribution in [2.24, 2.45) is 0 Å². The zero-order valence-corrected chi connectivity index (χ0v) is 18.1. The second-order valence-electron chi connectivity index (χ2n) is 8.61. The van der Waals surface area contributed by atoms with Gasteiger partial charge >= 0.3 is 0 Å². The van der Waals surface area contributed by atoms with E-state index in [9.17, 15) is 4.79 Å². The summed E-state index contributed by atoms with van der Waals surface area (Å²) in [5.41, 5.74) is 0.848. The summed E-state index contributed by atoms with van der Waals surface area (Å²) >= 11 is 0. The molecule has 1 aliphatic heterocycles. The van der Waals surface area contributed by atoms with E-state index in [1.54, 1.807) is 20.3 Å². The van der Waals surface area contributed by atoms with Crippen molar-refractivity contribution in [3.05, 3.63) is 39.9 Å². The quantitative estimate of drug-likeness (QED) is 0.687. The highest BCUT2D eigenvalue weighted by Gasteiger charge is 2.34. The molecule has 30 heavy (non-hydrogen) atoms. The van der Waals surface area contributed by atoms with Crippen LogP contribution in [0.15, 0.2) is 23.0 Å². The van der Waals surface area contributed by atoms with Gasteiger partial charge in [0.25, 0.3) is 5.56 Å². The summed E-state index contributed by atoms with van der Waals surface area (Å²) < 4.78 is 12.6. The van der Waals surface area contributed by atoms with Gasteiger partial charge in [0.1, 0.15) is 6.04 Å². The van der Waals surface area contributed by atoms with Crippen LogP contribution >= 0.6 is 0 Å². The van der Waals surface area contributed by atoms with Crippen LogP contribution in [0.5, 0.6) is 11.5 Å². The summed E-state index contributed by atoms with van der Waals surface area (Å²) in [6, 6.07) is 5.24. The fourth-order valence-corrected chi connectivity index (χ4v) is 4.09. The van der Waals surface area contributed by atoms with Crippen molar-refractivity contribution < 1.29 is 9.47 Å². The first-order valence-corrected chi connectivity index (χ1v) is 10.1. The Kier molecular flexibility index (Phi) is 5.23. The Hall–Kier alpha value is -2.94. The molecule has 9 nitrogen and oxygen atoms in total. The number of likely N-dealkylation sites (tertiary alicyclic amines) is 1. The average molecular weight is 412 g/mol. The second kappa shape index (κ2) is 7.71. The highest BCUT2D eigenvalue weighted by atomic mass is 16.5. The standard InChI is InChI=1S/C21H28N6O3/c1-21(2,3)27-19(23-24-25-27)18(26-8-6-7-9-26)14-10-13-11-16(29-4)17(30-5)12-15(13)22-20(14)28/h10-12,18H,6-9H2,1-5H3,(H,22,28). The topological polar surface area (TPSA) is 98.2 Å². The van der Waals surface area contributed by atoms with Gasteiger partial charge in [0.2, 0.25) is 0 Å². The molecule has 0 bridgehead atoms. The number of H-pyrrole nitrogens is 1. The number of tetrazole rings is 1. The maximum Gasteiger partial charge on any atom is 0.253 e. The number of nitrogens with one attached hydrogen (secondary N) is 1. The molecule has 160 valence electrons. The van der Waals surface area contributed by atoms with Gasteiger partial charge in [-0.1, -0.05) is 0 Å². The monoisotopic (exact) mass is 412 g/mol. The molecular formula is C21H28N6O3. The van der Waals surface area contributed by atoms with Crippen molar-refractivity contribution in [2.45, 2.75) is 45.2 Å². The average Bonchev–Trinajstić information content (AvgIpc) is 3.40. The summed E-state index contributed by atoms with van der Waals surface area (Å²) in [6.07, 6.45) is 2.17. The smallest absolute Gasteiger partial charge is 0.253 e. The number of methoxy groups -OCH3 is 2. The molecule has 3 heterocycles. The lowest BCUT2D eigenvalue weighted by Crippen LogP contribution is -2.36. The van der Waals surface area contributed by atoms with Gasteiger partial charge < -0.3 is 14.5 Å². The largest absolute Gasteiger partial charge is 0.493 e. The number of nitrogens with zero attached hydrogens (tertiary/aromatic N) is 5. The Labute approximate surface area is 175 Å². The number of fused-ring (bicyclic) bond motifs is 1. The molecular weight excluding hydrogens is 384 g/mol. The van der Waals surface area contributed by atoms with E-state index in [0.717, 1.165) is 31.3 Å². The SMILES string of the molecule is COc1cc2cc(C(c3nnnn3C(C)(C)C)N3CCCC3)c(=O)[nH]c2cc1OC. The van der Waals surface area contributed by atoms with Crippen LogP contribution < -0.4 is 15.0 Å². The lowest BCUT2D eigenvalue weighted by atomic mass is 10.0. The number of pyridine rings is 1. The molecule has 3 aromatic rings. The molecule has 0 aliphatic carbocycles. The van der Waals surface area contributed by atoms with E-state index in [4.69, 9.17) is 9.47 Å². The molecule has 0 radical (unpaired) electrons. The van der Waals surface area contributed by atoms with Gasteiger partial charge in [-0.25, -0.2) is 4.68 Å². The van der Waals surface area contributed by atoms with Gasteiger partial charge in [-0.2, -0.15) is 0 Å². The van der Waals surface area contributed by atoms with Crippen LogP contribution in [-0.4, -0.2) is 57.4 Å². The van der Waals surface area contributed by atoms with Gasteiger partial charge in [-0.3, -0.25) is 9.69 Å². The molecule has 1 atom stereocenters. The van der Waals surface area contributed by atoms with E-state index in [0.29, 0.717) is 28.4 Å². The minimum atomic E-state index is -0.331. The Morgan fingerprint density at radius 1 is 1.07 bits per heavy atom. The number of benzene rings is 1. The third-order valence-corrected chi connectivity index (χ3v) is 5.55. The maximum atomic E-state index is 13.2. The summed E-state index contributed by atoms with van der Waals surface area (Å²) in [4.78, 5) is 18.5. The van der Waals surface area contributed by atoms with E-state index in [1.165, 1.54) is 0 Å². The van der Waals surface area contributed by atoms with E-state index in [2.05, 4.69) is 46.2 Å². The van der Waals surface area contributed by atoms with Crippen molar-refractivity contribution >= 4 is 10.9 Å². The molecule has 2 aromatic heterocycles.